The number of carbonyl (C=O) groups is 2. The summed E-state index contributed by atoms with van der Waals surface area (Å²) in [4.78, 5) is 23.2. The van der Waals surface area contributed by atoms with Crippen LogP contribution in [0.1, 0.15) is 19.3 Å². The molecule has 0 saturated heterocycles. The molecule has 2 fully saturated rings. The molecule has 0 N–H and O–H groups in total. The summed E-state index contributed by atoms with van der Waals surface area (Å²) in [6.45, 7) is 0. The molecule has 2 atom stereocenters. The van der Waals surface area contributed by atoms with Crippen LogP contribution in [0.15, 0.2) is 9.81 Å². The third kappa shape index (κ3) is 1.89. The van der Waals surface area contributed by atoms with Gasteiger partial charge in [-0.05, 0) is 24.3 Å². The van der Waals surface area contributed by atoms with Gasteiger partial charge in [-0.2, -0.15) is 0 Å². The zero-order chi connectivity index (χ0) is 11.0. The van der Waals surface area contributed by atoms with Gasteiger partial charge in [0.1, 0.15) is 5.78 Å². The van der Waals surface area contributed by atoms with Crippen molar-refractivity contribution < 1.29 is 9.59 Å². The van der Waals surface area contributed by atoms with Gasteiger partial charge in [-0.15, -0.1) is 23.5 Å². The average molecular weight is 242 g/mol. The van der Waals surface area contributed by atoms with Gasteiger partial charge in [-0.25, -0.2) is 0 Å². The van der Waals surface area contributed by atoms with Crippen LogP contribution < -0.4 is 0 Å². The molecule has 0 spiro atoms. The molecular formula is C11H14O2S2. The highest BCUT2D eigenvalue weighted by Crippen LogP contribution is 2.48. The summed E-state index contributed by atoms with van der Waals surface area (Å²) < 4.78 is 1.11. The van der Waals surface area contributed by atoms with Gasteiger partial charge in [0.2, 0.25) is 0 Å². The number of hydrogen-bond acceptors (Lipinski definition) is 4. The summed E-state index contributed by atoms with van der Waals surface area (Å²) in [5, 5.41) is 0. The molecule has 0 aromatic heterocycles. The van der Waals surface area contributed by atoms with Crippen molar-refractivity contribution in [2.24, 2.45) is 11.8 Å². The molecule has 2 saturated carbocycles. The van der Waals surface area contributed by atoms with Gasteiger partial charge in [-0.3, -0.25) is 9.59 Å². The van der Waals surface area contributed by atoms with Crippen molar-refractivity contribution in [3.8, 4) is 0 Å². The molecule has 0 aliphatic heterocycles. The summed E-state index contributed by atoms with van der Waals surface area (Å²) in [5.74, 6) is 1.15. The topological polar surface area (TPSA) is 34.1 Å². The van der Waals surface area contributed by atoms with Gasteiger partial charge in [0.25, 0.3) is 0 Å². The van der Waals surface area contributed by atoms with Crippen LogP contribution in [0.5, 0.6) is 0 Å². The first kappa shape index (κ1) is 11.3. The SMILES string of the molecule is CSC(SC)=C1C(=O)C[C@H]2CC(=O)C[C@@H]12. The van der Waals surface area contributed by atoms with Crippen LogP contribution >= 0.6 is 23.5 Å². The molecule has 2 aliphatic carbocycles. The molecule has 0 amide bonds. The lowest BCUT2D eigenvalue weighted by Gasteiger charge is -2.11. The molecule has 2 nitrogen and oxygen atoms in total. The highest BCUT2D eigenvalue weighted by Gasteiger charge is 2.45. The smallest absolute Gasteiger partial charge is 0.161 e. The Bertz CT molecular complexity index is 340. The Balaban J connectivity index is 2.35. The first-order valence-corrected chi connectivity index (χ1v) is 7.49. The maximum atomic E-state index is 11.9. The largest absolute Gasteiger partial charge is 0.300 e. The lowest BCUT2D eigenvalue weighted by atomic mass is 9.98. The summed E-state index contributed by atoms with van der Waals surface area (Å²) >= 11 is 3.26. The van der Waals surface area contributed by atoms with Crippen molar-refractivity contribution in [3.05, 3.63) is 9.81 Å². The van der Waals surface area contributed by atoms with Gasteiger partial charge in [0, 0.05) is 29.1 Å². The van der Waals surface area contributed by atoms with E-state index in [2.05, 4.69) is 0 Å². The molecular weight excluding hydrogens is 228 g/mol. The molecule has 82 valence electrons. The van der Waals surface area contributed by atoms with Crippen LogP contribution in [-0.2, 0) is 9.59 Å². The minimum absolute atomic E-state index is 0.236. The summed E-state index contributed by atoms with van der Waals surface area (Å²) in [6, 6.07) is 0. The molecule has 15 heavy (non-hydrogen) atoms. The highest BCUT2D eigenvalue weighted by molar-refractivity contribution is 8.21. The van der Waals surface area contributed by atoms with E-state index in [4.69, 9.17) is 0 Å². The van der Waals surface area contributed by atoms with Crippen molar-refractivity contribution in [2.75, 3.05) is 12.5 Å². The van der Waals surface area contributed by atoms with Crippen molar-refractivity contribution in [3.63, 3.8) is 0 Å². The molecule has 2 aliphatic rings. The average Bonchev–Trinajstić information content (AvgIpc) is 2.66. The predicted octanol–water partition coefficient (Wildman–Crippen LogP) is 2.49. The van der Waals surface area contributed by atoms with Crippen LogP contribution in [0.25, 0.3) is 0 Å². The Kier molecular flexibility index (Phi) is 3.26. The zero-order valence-corrected chi connectivity index (χ0v) is 10.5. The second-order valence-electron chi connectivity index (χ2n) is 4.05. The van der Waals surface area contributed by atoms with E-state index in [9.17, 15) is 9.59 Å². The summed E-state index contributed by atoms with van der Waals surface area (Å²) in [6.07, 6.45) is 5.80. The van der Waals surface area contributed by atoms with Crippen molar-refractivity contribution in [1.82, 2.24) is 0 Å². The quantitative estimate of drug-likeness (QED) is 0.697. The minimum atomic E-state index is 0.236. The number of rotatable bonds is 2. The van der Waals surface area contributed by atoms with Crippen LogP contribution in [0.4, 0.5) is 0 Å². The molecule has 2 rings (SSSR count). The van der Waals surface area contributed by atoms with Crippen LogP contribution in [0.3, 0.4) is 0 Å². The summed E-state index contributed by atoms with van der Waals surface area (Å²) in [5.41, 5.74) is 0.950. The maximum absolute atomic E-state index is 11.9. The third-order valence-electron chi connectivity index (χ3n) is 3.22. The Labute approximate surface area is 98.3 Å². The number of thioether (sulfide) groups is 2. The monoisotopic (exact) mass is 242 g/mol. The number of hydrogen-bond donors (Lipinski definition) is 0. The van der Waals surface area contributed by atoms with Gasteiger partial charge in [0.15, 0.2) is 5.78 Å². The number of fused-ring (bicyclic) bond motifs is 1. The Morgan fingerprint density at radius 3 is 2.40 bits per heavy atom. The number of allylic oxidation sites excluding steroid dienone is 1. The molecule has 0 unspecified atom stereocenters. The van der Waals surface area contributed by atoms with E-state index in [1.54, 1.807) is 23.5 Å². The number of ketones is 2. The van der Waals surface area contributed by atoms with E-state index in [0.717, 1.165) is 9.81 Å². The van der Waals surface area contributed by atoms with E-state index < -0.39 is 0 Å². The molecule has 0 aromatic rings. The first-order chi connectivity index (χ1) is 7.17. The third-order valence-corrected chi connectivity index (χ3v) is 5.40. The maximum Gasteiger partial charge on any atom is 0.161 e. The predicted molar refractivity (Wildman–Crippen MR) is 64.9 cm³/mol. The van der Waals surface area contributed by atoms with E-state index >= 15 is 0 Å². The summed E-state index contributed by atoms with van der Waals surface area (Å²) in [7, 11) is 0. The molecule has 4 heteroatoms. The fraction of sp³-hybridized carbons (Fsp3) is 0.636. The zero-order valence-electron chi connectivity index (χ0n) is 8.91. The first-order valence-electron chi connectivity index (χ1n) is 5.04. The van der Waals surface area contributed by atoms with Crippen LogP contribution in [0.2, 0.25) is 0 Å². The van der Waals surface area contributed by atoms with Gasteiger partial charge < -0.3 is 0 Å². The van der Waals surface area contributed by atoms with Crippen LogP contribution in [-0.4, -0.2) is 24.1 Å². The second-order valence-corrected chi connectivity index (χ2v) is 5.94. The standard InChI is InChI=1S/C11H14O2S2/c1-14-11(15-2)10-8-5-7(12)3-6(8)4-9(10)13/h6,8H,3-5H2,1-2H3/t6-,8-/m1/s1. The van der Waals surface area contributed by atoms with Crippen molar-refractivity contribution in [1.29, 1.82) is 0 Å². The molecule has 0 heterocycles. The number of Topliss-reactive ketones (excluding diaryl/α,β-unsaturated/α-hetero) is 2. The fourth-order valence-corrected chi connectivity index (χ4v) is 4.24. The Hall–Kier alpha value is -0.220. The second kappa shape index (κ2) is 4.34. The van der Waals surface area contributed by atoms with Crippen LogP contribution in [0, 0.1) is 11.8 Å². The minimum Gasteiger partial charge on any atom is -0.300 e. The highest BCUT2D eigenvalue weighted by atomic mass is 32.2. The van der Waals surface area contributed by atoms with Gasteiger partial charge in [-0.1, -0.05) is 0 Å². The lowest BCUT2D eigenvalue weighted by molar-refractivity contribution is -0.118. The lowest BCUT2D eigenvalue weighted by Crippen LogP contribution is -2.04. The van der Waals surface area contributed by atoms with Crippen molar-refractivity contribution in [2.45, 2.75) is 19.3 Å². The molecule has 0 radical (unpaired) electrons. The molecule has 0 aromatic carbocycles. The van der Waals surface area contributed by atoms with E-state index in [0.29, 0.717) is 31.0 Å². The van der Waals surface area contributed by atoms with E-state index in [1.165, 1.54) is 0 Å². The van der Waals surface area contributed by atoms with E-state index in [1.807, 2.05) is 12.5 Å². The Morgan fingerprint density at radius 1 is 1.13 bits per heavy atom. The van der Waals surface area contributed by atoms with Crippen molar-refractivity contribution >= 4 is 35.1 Å². The Morgan fingerprint density at radius 2 is 1.80 bits per heavy atom. The number of carbonyl (C=O) groups excluding carboxylic acids is 2. The normalized spacial score (nSPS) is 29.9. The molecule has 0 bridgehead atoms. The van der Waals surface area contributed by atoms with Gasteiger partial charge in [0.05, 0.1) is 0 Å². The fourth-order valence-electron chi connectivity index (χ4n) is 2.61. The van der Waals surface area contributed by atoms with Gasteiger partial charge >= 0.3 is 0 Å². The van der Waals surface area contributed by atoms with E-state index in [-0.39, 0.29) is 11.7 Å².